The summed E-state index contributed by atoms with van der Waals surface area (Å²) in [7, 11) is 0. The smallest absolute Gasteiger partial charge is 0.230 e. The number of amides is 1. The number of nitrogens with one attached hydrogen (secondary N) is 1. The minimum Gasteiger partial charge on any atom is -0.353 e. The summed E-state index contributed by atoms with van der Waals surface area (Å²) in [5.41, 5.74) is 1.66. The van der Waals surface area contributed by atoms with Crippen molar-refractivity contribution in [3.63, 3.8) is 0 Å². The van der Waals surface area contributed by atoms with Crippen molar-refractivity contribution in [1.29, 1.82) is 0 Å². The Hall–Kier alpha value is -0.620. The second kappa shape index (κ2) is 6.07. The molecule has 15 heavy (non-hydrogen) atoms. The van der Waals surface area contributed by atoms with E-state index < -0.39 is 0 Å². The molecule has 0 radical (unpaired) electrons. The number of rotatable bonds is 5. The second-order valence-corrected chi connectivity index (χ2v) is 5.65. The average molecular weight is 245 g/mol. The van der Waals surface area contributed by atoms with Gasteiger partial charge in [-0.05, 0) is 12.8 Å². The molecule has 0 aliphatic rings. The molecule has 0 aliphatic carbocycles. The van der Waals surface area contributed by atoms with Gasteiger partial charge in [-0.25, -0.2) is 0 Å². The van der Waals surface area contributed by atoms with Crippen LogP contribution >= 0.6 is 23.1 Å². The van der Waals surface area contributed by atoms with Crippen LogP contribution in [0.5, 0.6) is 0 Å². The first-order valence-electron chi connectivity index (χ1n) is 4.78. The summed E-state index contributed by atoms with van der Waals surface area (Å²) in [6, 6.07) is 0.215. The molecule has 1 N–H and O–H groups in total. The van der Waals surface area contributed by atoms with Crippen LogP contribution < -0.4 is 5.32 Å². The van der Waals surface area contributed by atoms with Gasteiger partial charge in [-0.2, -0.15) is 0 Å². The van der Waals surface area contributed by atoms with Crippen LogP contribution in [-0.2, 0) is 4.79 Å². The first-order chi connectivity index (χ1) is 7.09. The van der Waals surface area contributed by atoms with Crippen molar-refractivity contribution < 1.29 is 4.79 Å². The van der Waals surface area contributed by atoms with E-state index in [2.05, 4.69) is 29.4 Å². The average Bonchev–Trinajstić information content (AvgIpc) is 2.66. The van der Waals surface area contributed by atoms with Crippen LogP contribution in [-0.4, -0.2) is 27.9 Å². The van der Waals surface area contributed by atoms with Gasteiger partial charge in [0.25, 0.3) is 0 Å². The minimum atomic E-state index is 0.0522. The minimum absolute atomic E-state index is 0.0522. The predicted octanol–water partition coefficient (Wildman–Crippen LogP) is 1.79. The lowest BCUT2D eigenvalue weighted by Gasteiger charge is -2.16. The predicted molar refractivity (Wildman–Crippen MR) is 63.1 cm³/mol. The van der Waals surface area contributed by atoms with E-state index in [0.29, 0.717) is 11.7 Å². The fourth-order valence-corrected chi connectivity index (χ4v) is 2.11. The Morgan fingerprint density at radius 1 is 1.60 bits per heavy atom. The van der Waals surface area contributed by atoms with Crippen LogP contribution in [0.4, 0.5) is 0 Å². The second-order valence-electron chi connectivity index (χ2n) is 3.59. The zero-order valence-electron chi connectivity index (χ0n) is 9.06. The van der Waals surface area contributed by atoms with Crippen molar-refractivity contribution in [2.45, 2.75) is 31.2 Å². The third kappa shape index (κ3) is 4.61. The Bertz CT molecular complexity index is 300. The molecule has 6 heteroatoms. The molecule has 1 aromatic rings. The van der Waals surface area contributed by atoms with E-state index in [9.17, 15) is 4.79 Å². The van der Waals surface area contributed by atoms with Gasteiger partial charge in [0, 0.05) is 6.04 Å². The normalized spacial score (nSPS) is 12.8. The van der Waals surface area contributed by atoms with Gasteiger partial charge >= 0.3 is 0 Å². The highest BCUT2D eigenvalue weighted by Gasteiger charge is 2.11. The van der Waals surface area contributed by atoms with Gasteiger partial charge in [-0.3, -0.25) is 4.79 Å². The monoisotopic (exact) mass is 245 g/mol. The highest BCUT2D eigenvalue weighted by molar-refractivity contribution is 8.01. The quantitative estimate of drug-likeness (QED) is 0.804. The molecule has 84 valence electrons. The van der Waals surface area contributed by atoms with Gasteiger partial charge in [-0.15, -0.1) is 10.2 Å². The Morgan fingerprint density at radius 2 is 2.33 bits per heavy atom. The lowest BCUT2D eigenvalue weighted by molar-refractivity contribution is -0.119. The van der Waals surface area contributed by atoms with Gasteiger partial charge in [0.2, 0.25) is 5.91 Å². The van der Waals surface area contributed by atoms with Gasteiger partial charge in [-0.1, -0.05) is 36.9 Å². The Kier molecular flexibility index (Phi) is 5.04. The first-order valence-corrected chi connectivity index (χ1v) is 6.64. The van der Waals surface area contributed by atoms with E-state index in [1.807, 2.05) is 6.92 Å². The van der Waals surface area contributed by atoms with Crippen LogP contribution in [0.3, 0.4) is 0 Å². The number of hydrogen-bond donors (Lipinski definition) is 1. The van der Waals surface area contributed by atoms with Crippen LogP contribution in [0.25, 0.3) is 0 Å². The molecule has 0 aromatic carbocycles. The van der Waals surface area contributed by atoms with Crippen LogP contribution in [0, 0.1) is 5.92 Å². The first kappa shape index (κ1) is 12.4. The van der Waals surface area contributed by atoms with Crippen molar-refractivity contribution >= 4 is 29.0 Å². The highest BCUT2D eigenvalue weighted by atomic mass is 32.2. The molecule has 1 atom stereocenters. The SMILES string of the molecule is CC(C)C(C)NC(=O)CSc1nncs1. The Labute approximate surface area is 97.9 Å². The van der Waals surface area contributed by atoms with Crippen LogP contribution in [0.1, 0.15) is 20.8 Å². The maximum Gasteiger partial charge on any atom is 0.230 e. The molecule has 1 rings (SSSR count). The fourth-order valence-electron chi connectivity index (χ4n) is 0.815. The maximum absolute atomic E-state index is 11.5. The van der Waals surface area contributed by atoms with Gasteiger partial charge < -0.3 is 5.32 Å². The van der Waals surface area contributed by atoms with Gasteiger partial charge in [0.15, 0.2) is 4.34 Å². The lowest BCUT2D eigenvalue weighted by Crippen LogP contribution is -2.37. The molecule has 0 aliphatic heterocycles. The molecule has 1 amide bonds. The molecular weight excluding hydrogens is 230 g/mol. The number of nitrogens with zero attached hydrogens (tertiary/aromatic N) is 2. The van der Waals surface area contributed by atoms with Crippen LogP contribution in [0.15, 0.2) is 9.85 Å². The van der Waals surface area contributed by atoms with E-state index >= 15 is 0 Å². The summed E-state index contributed by atoms with van der Waals surface area (Å²) in [5, 5.41) is 10.5. The summed E-state index contributed by atoms with van der Waals surface area (Å²) in [5.74, 6) is 0.920. The molecule has 0 bridgehead atoms. The number of thioether (sulfide) groups is 1. The van der Waals surface area contributed by atoms with Gasteiger partial charge in [0.05, 0.1) is 5.75 Å². The molecular formula is C9H15N3OS2. The van der Waals surface area contributed by atoms with Crippen molar-refractivity contribution in [2.24, 2.45) is 5.92 Å². The Morgan fingerprint density at radius 3 is 2.87 bits per heavy atom. The van der Waals surface area contributed by atoms with E-state index in [0.717, 1.165) is 4.34 Å². The third-order valence-corrected chi connectivity index (χ3v) is 3.92. The molecule has 0 fully saturated rings. The molecule has 4 nitrogen and oxygen atoms in total. The third-order valence-electron chi connectivity index (χ3n) is 2.06. The van der Waals surface area contributed by atoms with E-state index in [1.165, 1.54) is 23.1 Å². The van der Waals surface area contributed by atoms with E-state index in [4.69, 9.17) is 0 Å². The summed E-state index contributed by atoms with van der Waals surface area (Å²) < 4.78 is 0.836. The van der Waals surface area contributed by atoms with Crippen molar-refractivity contribution in [3.8, 4) is 0 Å². The van der Waals surface area contributed by atoms with Crippen molar-refractivity contribution in [3.05, 3.63) is 5.51 Å². The van der Waals surface area contributed by atoms with Crippen molar-refractivity contribution in [1.82, 2.24) is 15.5 Å². The highest BCUT2D eigenvalue weighted by Crippen LogP contribution is 2.18. The van der Waals surface area contributed by atoms with Crippen LogP contribution in [0.2, 0.25) is 0 Å². The molecule has 1 unspecified atom stereocenters. The molecule has 0 spiro atoms. The molecule has 0 saturated carbocycles. The fraction of sp³-hybridized carbons (Fsp3) is 0.667. The lowest BCUT2D eigenvalue weighted by atomic mass is 10.1. The van der Waals surface area contributed by atoms with Gasteiger partial charge in [0.1, 0.15) is 5.51 Å². The summed E-state index contributed by atoms with van der Waals surface area (Å²) in [6.07, 6.45) is 0. The molecule has 0 saturated heterocycles. The zero-order chi connectivity index (χ0) is 11.3. The summed E-state index contributed by atoms with van der Waals surface area (Å²) in [6.45, 7) is 6.18. The van der Waals surface area contributed by atoms with Crippen molar-refractivity contribution in [2.75, 3.05) is 5.75 Å². The largest absolute Gasteiger partial charge is 0.353 e. The topological polar surface area (TPSA) is 54.9 Å². The zero-order valence-corrected chi connectivity index (χ0v) is 10.7. The molecule has 1 heterocycles. The summed E-state index contributed by atoms with van der Waals surface area (Å²) in [4.78, 5) is 11.5. The Balaban J connectivity index is 2.25. The number of carbonyl (C=O) groups excluding carboxylic acids is 1. The van der Waals surface area contributed by atoms with E-state index in [1.54, 1.807) is 5.51 Å². The number of carbonyl (C=O) groups is 1. The number of hydrogen-bond acceptors (Lipinski definition) is 5. The standard InChI is InChI=1S/C9H15N3OS2/c1-6(2)7(3)11-8(13)4-14-9-12-10-5-15-9/h5-7H,4H2,1-3H3,(H,11,13). The number of aromatic nitrogens is 2. The molecule has 1 aromatic heterocycles. The van der Waals surface area contributed by atoms with E-state index in [-0.39, 0.29) is 11.9 Å². The maximum atomic E-state index is 11.5. The summed E-state index contributed by atoms with van der Waals surface area (Å²) >= 11 is 2.87.